The van der Waals surface area contributed by atoms with E-state index in [2.05, 4.69) is 9.84 Å². The van der Waals surface area contributed by atoms with Gasteiger partial charge in [-0.05, 0) is 19.9 Å². The molecule has 18 heavy (non-hydrogen) atoms. The maximum atomic E-state index is 12.0. The van der Waals surface area contributed by atoms with Gasteiger partial charge < -0.3 is 9.64 Å². The molecule has 0 bridgehead atoms. The highest BCUT2D eigenvalue weighted by Gasteiger charge is 2.20. The molecule has 1 aromatic rings. The summed E-state index contributed by atoms with van der Waals surface area (Å²) in [7, 11) is 1.31. The van der Waals surface area contributed by atoms with Crippen LogP contribution in [0.2, 0.25) is 0 Å². The van der Waals surface area contributed by atoms with E-state index >= 15 is 0 Å². The monoisotopic (exact) mass is 253 g/mol. The second-order valence-corrected chi connectivity index (χ2v) is 4.21. The fourth-order valence-electron chi connectivity index (χ4n) is 1.55. The molecule has 1 aromatic heterocycles. The highest BCUT2D eigenvalue weighted by atomic mass is 16.5. The van der Waals surface area contributed by atoms with E-state index in [1.165, 1.54) is 12.0 Å². The van der Waals surface area contributed by atoms with Crippen molar-refractivity contribution in [3.8, 4) is 0 Å². The van der Waals surface area contributed by atoms with Gasteiger partial charge in [-0.25, -0.2) is 0 Å². The SMILES string of the molecule is COC(=O)CN(C(=O)CCn1cccn1)C(C)C. The van der Waals surface area contributed by atoms with Crippen molar-refractivity contribution in [3.05, 3.63) is 18.5 Å². The van der Waals surface area contributed by atoms with Gasteiger partial charge in [0, 0.05) is 31.4 Å². The molecule has 0 fully saturated rings. The zero-order valence-electron chi connectivity index (χ0n) is 11.0. The molecular formula is C12H19N3O3. The molecule has 0 atom stereocenters. The highest BCUT2D eigenvalue weighted by molar-refractivity contribution is 5.82. The molecule has 0 aliphatic carbocycles. The number of hydrogen-bond acceptors (Lipinski definition) is 4. The molecule has 0 aromatic carbocycles. The van der Waals surface area contributed by atoms with Crippen molar-refractivity contribution in [2.75, 3.05) is 13.7 Å². The molecule has 1 heterocycles. The van der Waals surface area contributed by atoms with Gasteiger partial charge in [-0.2, -0.15) is 5.10 Å². The van der Waals surface area contributed by atoms with Gasteiger partial charge >= 0.3 is 5.97 Å². The molecule has 0 aliphatic heterocycles. The first-order valence-corrected chi connectivity index (χ1v) is 5.88. The van der Waals surface area contributed by atoms with Crippen LogP contribution in [0.1, 0.15) is 20.3 Å². The second-order valence-electron chi connectivity index (χ2n) is 4.21. The number of methoxy groups -OCH3 is 1. The van der Waals surface area contributed by atoms with Crippen LogP contribution in [0.3, 0.4) is 0 Å². The fourth-order valence-corrected chi connectivity index (χ4v) is 1.55. The van der Waals surface area contributed by atoms with E-state index < -0.39 is 5.97 Å². The van der Waals surface area contributed by atoms with Crippen LogP contribution in [0.15, 0.2) is 18.5 Å². The summed E-state index contributed by atoms with van der Waals surface area (Å²) in [4.78, 5) is 24.7. The number of rotatable bonds is 6. The Balaban J connectivity index is 2.51. The minimum atomic E-state index is -0.406. The largest absolute Gasteiger partial charge is 0.468 e. The van der Waals surface area contributed by atoms with Crippen molar-refractivity contribution in [1.29, 1.82) is 0 Å². The Labute approximate surface area is 107 Å². The lowest BCUT2D eigenvalue weighted by atomic mass is 10.2. The van der Waals surface area contributed by atoms with Crippen molar-refractivity contribution >= 4 is 11.9 Å². The molecule has 0 saturated carbocycles. The first-order chi connectivity index (χ1) is 8.54. The van der Waals surface area contributed by atoms with Crippen molar-refractivity contribution < 1.29 is 14.3 Å². The molecule has 6 nitrogen and oxygen atoms in total. The molecule has 0 spiro atoms. The Hall–Kier alpha value is -1.85. The Morgan fingerprint density at radius 2 is 2.17 bits per heavy atom. The molecule has 100 valence electrons. The summed E-state index contributed by atoms with van der Waals surface area (Å²) >= 11 is 0. The number of ether oxygens (including phenoxy) is 1. The predicted molar refractivity (Wildman–Crippen MR) is 65.7 cm³/mol. The molecule has 6 heteroatoms. The van der Waals surface area contributed by atoms with E-state index in [0.29, 0.717) is 13.0 Å². The molecule has 0 aliphatic rings. The quantitative estimate of drug-likeness (QED) is 0.699. The van der Waals surface area contributed by atoms with Crippen LogP contribution in [0.25, 0.3) is 0 Å². The van der Waals surface area contributed by atoms with Gasteiger partial charge in [0.1, 0.15) is 6.54 Å². The summed E-state index contributed by atoms with van der Waals surface area (Å²) in [5.41, 5.74) is 0. The van der Waals surface area contributed by atoms with Crippen molar-refractivity contribution in [1.82, 2.24) is 14.7 Å². The Morgan fingerprint density at radius 3 is 2.67 bits per heavy atom. The molecule has 0 N–H and O–H groups in total. The van der Waals surface area contributed by atoms with E-state index in [1.54, 1.807) is 23.1 Å². The summed E-state index contributed by atoms with van der Waals surface area (Å²) in [5, 5.41) is 4.02. The van der Waals surface area contributed by atoms with E-state index in [-0.39, 0.29) is 18.5 Å². The van der Waals surface area contributed by atoms with Gasteiger partial charge in [-0.15, -0.1) is 0 Å². The van der Waals surface area contributed by atoms with Crippen LogP contribution in [-0.4, -0.2) is 46.3 Å². The summed E-state index contributed by atoms with van der Waals surface area (Å²) in [6.07, 6.45) is 3.78. The van der Waals surface area contributed by atoms with E-state index in [0.717, 1.165) is 0 Å². The molecule has 1 rings (SSSR count). The van der Waals surface area contributed by atoms with Gasteiger partial charge in [0.15, 0.2) is 0 Å². The standard InChI is InChI=1S/C12H19N3O3/c1-10(2)15(9-12(17)18-3)11(16)5-8-14-7-4-6-13-14/h4,6-7,10H,5,8-9H2,1-3H3. The number of amides is 1. The Bertz CT molecular complexity index is 387. The molecule has 0 radical (unpaired) electrons. The first-order valence-electron chi connectivity index (χ1n) is 5.88. The van der Waals surface area contributed by atoms with Gasteiger partial charge in [-0.1, -0.05) is 0 Å². The van der Waals surface area contributed by atoms with Gasteiger partial charge in [0.25, 0.3) is 0 Å². The first kappa shape index (κ1) is 14.2. The van der Waals surface area contributed by atoms with E-state index in [1.807, 2.05) is 13.8 Å². The van der Waals surface area contributed by atoms with Crippen molar-refractivity contribution in [2.24, 2.45) is 0 Å². The van der Waals surface area contributed by atoms with Crippen LogP contribution in [0.5, 0.6) is 0 Å². The lowest BCUT2D eigenvalue weighted by molar-refractivity contribution is -0.148. The minimum absolute atomic E-state index is 0.00783. The zero-order chi connectivity index (χ0) is 13.5. The summed E-state index contributed by atoms with van der Waals surface area (Å²) < 4.78 is 6.27. The fraction of sp³-hybridized carbons (Fsp3) is 0.583. The van der Waals surface area contributed by atoms with E-state index in [4.69, 9.17) is 0 Å². The highest BCUT2D eigenvalue weighted by Crippen LogP contribution is 2.03. The summed E-state index contributed by atoms with van der Waals surface area (Å²) in [6, 6.07) is 1.77. The maximum absolute atomic E-state index is 12.0. The number of esters is 1. The summed E-state index contributed by atoms with van der Waals surface area (Å²) in [5.74, 6) is -0.484. The van der Waals surface area contributed by atoms with Gasteiger partial charge in [-0.3, -0.25) is 14.3 Å². The average molecular weight is 253 g/mol. The van der Waals surface area contributed by atoms with Crippen LogP contribution in [0, 0.1) is 0 Å². The molecular weight excluding hydrogens is 234 g/mol. The Morgan fingerprint density at radius 1 is 1.44 bits per heavy atom. The molecule has 1 amide bonds. The van der Waals surface area contributed by atoms with Crippen molar-refractivity contribution in [3.63, 3.8) is 0 Å². The van der Waals surface area contributed by atoms with Gasteiger partial charge in [0.05, 0.1) is 7.11 Å². The van der Waals surface area contributed by atoms with E-state index in [9.17, 15) is 9.59 Å². The van der Waals surface area contributed by atoms with Crippen LogP contribution in [-0.2, 0) is 20.9 Å². The lowest BCUT2D eigenvalue weighted by Crippen LogP contribution is -2.41. The molecule has 0 saturated heterocycles. The minimum Gasteiger partial charge on any atom is -0.468 e. The average Bonchev–Trinajstić information content (AvgIpc) is 2.85. The Kier molecular flexibility index (Phi) is 5.35. The number of carbonyl (C=O) groups excluding carboxylic acids is 2. The topological polar surface area (TPSA) is 64.4 Å². The number of hydrogen-bond donors (Lipinski definition) is 0. The third-order valence-electron chi connectivity index (χ3n) is 2.58. The van der Waals surface area contributed by atoms with Crippen LogP contribution >= 0.6 is 0 Å². The summed E-state index contributed by atoms with van der Waals surface area (Å²) in [6.45, 7) is 4.24. The molecule has 0 unspecified atom stereocenters. The third kappa shape index (κ3) is 4.20. The van der Waals surface area contributed by atoms with Gasteiger partial charge in [0.2, 0.25) is 5.91 Å². The zero-order valence-corrected chi connectivity index (χ0v) is 11.0. The third-order valence-corrected chi connectivity index (χ3v) is 2.58. The number of nitrogens with zero attached hydrogens (tertiary/aromatic N) is 3. The second kappa shape index (κ2) is 6.78. The normalized spacial score (nSPS) is 10.4. The van der Waals surface area contributed by atoms with Crippen LogP contribution in [0.4, 0.5) is 0 Å². The predicted octanol–water partition coefficient (Wildman–Crippen LogP) is 0.683. The number of aryl methyl sites for hydroxylation is 1. The number of carbonyl (C=O) groups is 2. The van der Waals surface area contributed by atoms with Crippen LogP contribution < -0.4 is 0 Å². The number of aromatic nitrogens is 2. The van der Waals surface area contributed by atoms with Crippen molar-refractivity contribution in [2.45, 2.75) is 32.9 Å². The smallest absolute Gasteiger partial charge is 0.325 e. The lowest BCUT2D eigenvalue weighted by Gasteiger charge is -2.25. The maximum Gasteiger partial charge on any atom is 0.325 e.